The predicted molar refractivity (Wildman–Crippen MR) is 89.6 cm³/mol. The summed E-state index contributed by atoms with van der Waals surface area (Å²) in [7, 11) is 0. The Morgan fingerprint density at radius 2 is 2.00 bits per heavy atom. The number of fused-ring (bicyclic) bond motifs is 1. The zero-order chi connectivity index (χ0) is 16.8. The summed E-state index contributed by atoms with van der Waals surface area (Å²) in [6.07, 6.45) is 0. The van der Waals surface area contributed by atoms with Crippen molar-refractivity contribution in [2.24, 2.45) is 0 Å². The summed E-state index contributed by atoms with van der Waals surface area (Å²) in [5, 5.41) is 3.21. The van der Waals surface area contributed by atoms with Gasteiger partial charge in [0.1, 0.15) is 23.7 Å². The van der Waals surface area contributed by atoms with Crippen LogP contribution in [0.25, 0.3) is 11.1 Å². The maximum atomic E-state index is 12.7. The van der Waals surface area contributed by atoms with E-state index in [0.717, 1.165) is 5.52 Å². The fourth-order valence-electron chi connectivity index (χ4n) is 1.98. The van der Waals surface area contributed by atoms with E-state index >= 15 is 0 Å². The number of carbonyl (C=O) groups excluding carboxylic acids is 1. The molecule has 7 heteroatoms. The van der Waals surface area contributed by atoms with E-state index in [2.05, 4.69) is 10.3 Å². The third-order valence-corrected chi connectivity index (χ3v) is 3.94. The Morgan fingerprint density at radius 3 is 2.79 bits per heavy atom. The van der Waals surface area contributed by atoms with Gasteiger partial charge in [0.15, 0.2) is 5.58 Å². The molecule has 1 amide bonds. The molecule has 0 aliphatic heterocycles. The van der Waals surface area contributed by atoms with Gasteiger partial charge < -0.3 is 14.5 Å². The zero-order valence-corrected chi connectivity index (χ0v) is 13.5. The van der Waals surface area contributed by atoms with Gasteiger partial charge >= 0.3 is 0 Å². The molecule has 1 N–H and O–H groups in total. The van der Waals surface area contributed by atoms with Crippen LogP contribution >= 0.6 is 11.8 Å². The number of nitrogens with one attached hydrogen (secondary N) is 1. The predicted octanol–water partition coefficient (Wildman–Crippen LogP) is 3.25. The fraction of sp³-hybridized carbons (Fsp3) is 0.176. The summed E-state index contributed by atoms with van der Waals surface area (Å²) in [5.74, 6) is 0.326. The van der Waals surface area contributed by atoms with Crippen LogP contribution in [0, 0.1) is 5.82 Å². The Labute approximate surface area is 142 Å². The third kappa shape index (κ3) is 4.48. The van der Waals surface area contributed by atoms with Crippen molar-refractivity contribution in [1.29, 1.82) is 0 Å². The number of benzene rings is 2. The molecule has 0 saturated heterocycles. The normalized spacial score (nSPS) is 10.7. The summed E-state index contributed by atoms with van der Waals surface area (Å²) < 4.78 is 23.7. The van der Waals surface area contributed by atoms with Crippen molar-refractivity contribution in [3.8, 4) is 5.75 Å². The molecular weight excluding hydrogens is 331 g/mol. The molecule has 0 spiro atoms. The van der Waals surface area contributed by atoms with Gasteiger partial charge in [-0.1, -0.05) is 23.9 Å². The average molecular weight is 346 g/mol. The maximum absolute atomic E-state index is 12.7. The van der Waals surface area contributed by atoms with Crippen LogP contribution < -0.4 is 10.1 Å². The number of rotatable bonds is 7. The number of nitrogens with zero attached hydrogens (tertiary/aromatic N) is 1. The largest absolute Gasteiger partial charge is 0.492 e. The molecule has 0 aliphatic carbocycles. The van der Waals surface area contributed by atoms with E-state index in [1.807, 2.05) is 24.3 Å². The minimum absolute atomic E-state index is 0.134. The number of hydrogen-bond acceptors (Lipinski definition) is 5. The molecule has 124 valence electrons. The summed E-state index contributed by atoms with van der Waals surface area (Å²) in [5.41, 5.74) is 1.47. The Hall–Kier alpha value is -2.54. The van der Waals surface area contributed by atoms with Crippen LogP contribution in [0.1, 0.15) is 0 Å². The minimum Gasteiger partial charge on any atom is -0.492 e. The van der Waals surface area contributed by atoms with Gasteiger partial charge in [-0.2, -0.15) is 0 Å². The number of thioether (sulfide) groups is 1. The number of halogens is 1. The Bertz CT molecular complexity index is 787. The summed E-state index contributed by atoms with van der Waals surface area (Å²) in [4.78, 5) is 16.1. The standard InChI is InChI=1S/C17H15FN2O3S/c18-12-5-7-13(8-6-12)22-10-9-19-16(21)11-24-17-20-14-3-1-2-4-15(14)23-17/h1-8H,9-11H2,(H,19,21). The first-order valence-corrected chi connectivity index (χ1v) is 8.33. The van der Waals surface area contributed by atoms with Crippen LogP contribution in [0.3, 0.4) is 0 Å². The van der Waals surface area contributed by atoms with Crippen LogP contribution in [0.4, 0.5) is 4.39 Å². The molecule has 0 radical (unpaired) electrons. The molecule has 0 aliphatic rings. The van der Waals surface area contributed by atoms with Crippen LogP contribution in [0.2, 0.25) is 0 Å². The van der Waals surface area contributed by atoms with Crippen LogP contribution in [0.5, 0.6) is 5.75 Å². The van der Waals surface area contributed by atoms with Crippen LogP contribution in [-0.2, 0) is 4.79 Å². The van der Waals surface area contributed by atoms with Gasteiger partial charge in [-0.3, -0.25) is 4.79 Å². The Kier molecular flexibility index (Phi) is 5.32. The van der Waals surface area contributed by atoms with Crippen molar-refractivity contribution in [2.75, 3.05) is 18.9 Å². The highest BCUT2D eigenvalue weighted by Gasteiger charge is 2.08. The van der Waals surface area contributed by atoms with E-state index in [-0.39, 0.29) is 17.5 Å². The molecule has 0 unspecified atom stereocenters. The Morgan fingerprint density at radius 1 is 1.21 bits per heavy atom. The van der Waals surface area contributed by atoms with Crippen molar-refractivity contribution in [3.63, 3.8) is 0 Å². The van der Waals surface area contributed by atoms with Crippen molar-refractivity contribution in [1.82, 2.24) is 10.3 Å². The lowest BCUT2D eigenvalue weighted by Gasteiger charge is -2.07. The second-order valence-corrected chi connectivity index (χ2v) is 5.82. The fourth-order valence-corrected chi connectivity index (χ4v) is 2.65. The first-order chi connectivity index (χ1) is 11.7. The van der Waals surface area contributed by atoms with Gasteiger partial charge in [-0.05, 0) is 36.4 Å². The molecule has 5 nitrogen and oxygen atoms in total. The van der Waals surface area contributed by atoms with Crippen LogP contribution in [-0.4, -0.2) is 29.8 Å². The second kappa shape index (κ2) is 7.83. The smallest absolute Gasteiger partial charge is 0.257 e. The van der Waals surface area contributed by atoms with Crippen molar-refractivity contribution in [3.05, 3.63) is 54.3 Å². The molecule has 2 aromatic carbocycles. The summed E-state index contributed by atoms with van der Waals surface area (Å²) in [6, 6.07) is 13.2. The van der Waals surface area contributed by atoms with Gasteiger partial charge in [-0.15, -0.1) is 0 Å². The highest BCUT2D eigenvalue weighted by atomic mass is 32.2. The number of para-hydroxylation sites is 2. The molecular formula is C17H15FN2O3S. The van der Waals surface area contributed by atoms with E-state index in [1.54, 1.807) is 12.1 Å². The van der Waals surface area contributed by atoms with E-state index < -0.39 is 0 Å². The van der Waals surface area contributed by atoms with Crippen molar-refractivity contribution in [2.45, 2.75) is 5.22 Å². The lowest BCUT2D eigenvalue weighted by atomic mass is 10.3. The third-order valence-electron chi connectivity index (χ3n) is 3.11. The molecule has 0 fully saturated rings. The van der Waals surface area contributed by atoms with E-state index in [0.29, 0.717) is 29.7 Å². The molecule has 3 rings (SSSR count). The van der Waals surface area contributed by atoms with Crippen molar-refractivity contribution < 1.29 is 18.3 Å². The lowest BCUT2D eigenvalue weighted by Crippen LogP contribution is -2.29. The number of hydrogen-bond donors (Lipinski definition) is 1. The van der Waals surface area contributed by atoms with Gasteiger partial charge in [-0.25, -0.2) is 9.37 Å². The molecule has 1 heterocycles. The number of oxazole rings is 1. The zero-order valence-electron chi connectivity index (χ0n) is 12.7. The molecule has 0 bridgehead atoms. The minimum atomic E-state index is -0.313. The first kappa shape index (κ1) is 16.3. The molecule has 0 atom stereocenters. The topological polar surface area (TPSA) is 64.4 Å². The van der Waals surface area contributed by atoms with E-state index in [9.17, 15) is 9.18 Å². The number of ether oxygens (including phenoxy) is 1. The first-order valence-electron chi connectivity index (χ1n) is 7.34. The van der Waals surface area contributed by atoms with Gasteiger partial charge in [0.25, 0.3) is 5.22 Å². The highest BCUT2D eigenvalue weighted by molar-refractivity contribution is 7.99. The molecule has 24 heavy (non-hydrogen) atoms. The van der Waals surface area contributed by atoms with E-state index in [1.165, 1.54) is 23.9 Å². The SMILES string of the molecule is O=C(CSc1nc2ccccc2o1)NCCOc1ccc(F)cc1. The summed E-state index contributed by atoms with van der Waals surface area (Å²) >= 11 is 1.24. The van der Waals surface area contributed by atoms with Gasteiger partial charge in [0.05, 0.1) is 12.3 Å². The van der Waals surface area contributed by atoms with Gasteiger partial charge in [0, 0.05) is 0 Å². The number of amides is 1. The number of aromatic nitrogens is 1. The average Bonchev–Trinajstić information content (AvgIpc) is 3.01. The monoisotopic (exact) mass is 346 g/mol. The quantitative estimate of drug-likeness (QED) is 0.525. The van der Waals surface area contributed by atoms with Gasteiger partial charge in [0.2, 0.25) is 5.91 Å². The van der Waals surface area contributed by atoms with Crippen LogP contribution in [0.15, 0.2) is 58.2 Å². The molecule has 0 saturated carbocycles. The molecule has 3 aromatic rings. The maximum Gasteiger partial charge on any atom is 0.257 e. The second-order valence-electron chi connectivity index (χ2n) is 4.89. The Balaban J connectivity index is 1.37. The summed E-state index contributed by atoms with van der Waals surface area (Å²) in [6.45, 7) is 0.676. The van der Waals surface area contributed by atoms with Crippen molar-refractivity contribution >= 4 is 28.8 Å². The highest BCUT2D eigenvalue weighted by Crippen LogP contribution is 2.22. The lowest BCUT2D eigenvalue weighted by molar-refractivity contribution is -0.118. The van der Waals surface area contributed by atoms with E-state index in [4.69, 9.17) is 9.15 Å². The molecule has 1 aromatic heterocycles. The number of carbonyl (C=O) groups is 1.